The van der Waals surface area contributed by atoms with Crippen LogP contribution in [0.3, 0.4) is 0 Å². The molecule has 6 heteroatoms. The fourth-order valence-corrected chi connectivity index (χ4v) is 3.28. The second kappa shape index (κ2) is 12.8. The molecule has 170 valence electrons. The Kier molecular flexibility index (Phi) is 9.21. The van der Waals surface area contributed by atoms with Crippen LogP contribution >= 0.6 is 0 Å². The van der Waals surface area contributed by atoms with Gasteiger partial charge in [0.2, 0.25) is 11.8 Å². The molecule has 0 aliphatic heterocycles. The van der Waals surface area contributed by atoms with Crippen LogP contribution in [0.2, 0.25) is 0 Å². The van der Waals surface area contributed by atoms with Gasteiger partial charge in [0.05, 0.1) is 6.42 Å². The summed E-state index contributed by atoms with van der Waals surface area (Å²) in [5, 5.41) is 5.62. The average molecular weight is 445 g/mol. The number of esters is 1. The minimum Gasteiger partial charge on any atom is -0.461 e. The van der Waals surface area contributed by atoms with Gasteiger partial charge in [-0.1, -0.05) is 91.0 Å². The Labute approximate surface area is 194 Å². The summed E-state index contributed by atoms with van der Waals surface area (Å²) < 4.78 is 5.30. The quantitative estimate of drug-likeness (QED) is 0.443. The molecule has 0 spiro atoms. The molecule has 33 heavy (non-hydrogen) atoms. The maximum absolute atomic E-state index is 12.8. The predicted molar refractivity (Wildman–Crippen MR) is 126 cm³/mol. The molecule has 0 saturated carbocycles. The van der Waals surface area contributed by atoms with Gasteiger partial charge < -0.3 is 15.4 Å². The van der Waals surface area contributed by atoms with Crippen molar-refractivity contribution in [3.63, 3.8) is 0 Å². The molecule has 0 bridgehead atoms. The summed E-state index contributed by atoms with van der Waals surface area (Å²) in [6.07, 6.45) is 0.318. The van der Waals surface area contributed by atoms with Crippen molar-refractivity contribution < 1.29 is 19.1 Å². The Bertz CT molecular complexity index is 1020. The third-order valence-corrected chi connectivity index (χ3v) is 5.05. The Morgan fingerprint density at radius 2 is 1.27 bits per heavy atom. The lowest BCUT2D eigenvalue weighted by atomic mass is 10.1. The zero-order valence-electron chi connectivity index (χ0n) is 18.4. The van der Waals surface area contributed by atoms with Crippen molar-refractivity contribution in [1.82, 2.24) is 10.6 Å². The van der Waals surface area contributed by atoms with E-state index >= 15 is 0 Å². The number of carbonyl (C=O) groups excluding carboxylic acids is 3. The minimum absolute atomic E-state index is 0.0157. The van der Waals surface area contributed by atoms with E-state index in [1.807, 2.05) is 91.0 Å². The van der Waals surface area contributed by atoms with E-state index in [-0.39, 0.29) is 37.7 Å². The van der Waals surface area contributed by atoms with Gasteiger partial charge in [-0.05, 0) is 23.1 Å². The third-order valence-electron chi connectivity index (χ3n) is 5.05. The van der Waals surface area contributed by atoms with Crippen LogP contribution in [0.4, 0.5) is 0 Å². The molecule has 0 saturated heterocycles. The average Bonchev–Trinajstić information content (AvgIpc) is 2.85. The standard InChI is InChI=1S/C27H28N2O4/c30-25(18-21-10-4-1-5-11-21)29-24(27(32)28-19-22-12-6-2-7-13-22)16-17-26(31)33-20-23-14-8-3-9-15-23/h1-15,24H,16-20H2,(H,28,32)(H,29,30)/t24-/m0/s1. The number of nitrogens with one attached hydrogen (secondary N) is 2. The highest BCUT2D eigenvalue weighted by Crippen LogP contribution is 2.07. The molecule has 0 radical (unpaired) electrons. The summed E-state index contributed by atoms with van der Waals surface area (Å²) in [7, 11) is 0. The van der Waals surface area contributed by atoms with Gasteiger partial charge in [0.15, 0.2) is 0 Å². The van der Waals surface area contributed by atoms with Crippen LogP contribution in [0.15, 0.2) is 91.0 Å². The lowest BCUT2D eigenvalue weighted by molar-refractivity contribution is -0.145. The zero-order chi connectivity index (χ0) is 23.3. The summed E-state index contributed by atoms with van der Waals surface area (Å²) in [5.74, 6) is -1.04. The van der Waals surface area contributed by atoms with Gasteiger partial charge in [0, 0.05) is 13.0 Å². The largest absolute Gasteiger partial charge is 0.461 e. The second-order valence-electron chi connectivity index (χ2n) is 7.67. The highest BCUT2D eigenvalue weighted by Gasteiger charge is 2.22. The first-order valence-electron chi connectivity index (χ1n) is 10.9. The van der Waals surface area contributed by atoms with E-state index in [1.165, 1.54) is 0 Å². The number of carbonyl (C=O) groups is 3. The second-order valence-corrected chi connectivity index (χ2v) is 7.67. The van der Waals surface area contributed by atoms with Gasteiger partial charge in [0.25, 0.3) is 0 Å². The van der Waals surface area contributed by atoms with Crippen LogP contribution in [0.25, 0.3) is 0 Å². The van der Waals surface area contributed by atoms with Crippen molar-refractivity contribution in [3.8, 4) is 0 Å². The monoisotopic (exact) mass is 444 g/mol. The maximum Gasteiger partial charge on any atom is 0.306 e. The van der Waals surface area contributed by atoms with E-state index in [4.69, 9.17) is 4.74 Å². The molecule has 0 heterocycles. The third kappa shape index (κ3) is 8.61. The van der Waals surface area contributed by atoms with Gasteiger partial charge in [-0.15, -0.1) is 0 Å². The van der Waals surface area contributed by atoms with Crippen LogP contribution in [-0.4, -0.2) is 23.8 Å². The first kappa shape index (κ1) is 23.7. The van der Waals surface area contributed by atoms with Crippen LogP contribution in [0.1, 0.15) is 29.5 Å². The molecule has 2 amide bonds. The SMILES string of the molecule is O=C(Cc1ccccc1)N[C@@H](CCC(=O)OCc1ccccc1)C(=O)NCc1ccccc1. The molecule has 0 fully saturated rings. The van der Waals surface area contributed by atoms with Crippen LogP contribution in [-0.2, 0) is 38.7 Å². The molecule has 0 aliphatic rings. The Balaban J connectivity index is 1.55. The summed E-state index contributed by atoms with van der Waals surface area (Å²) in [4.78, 5) is 37.6. The number of hydrogen-bond donors (Lipinski definition) is 2. The first-order chi connectivity index (χ1) is 16.1. The molecule has 3 aromatic rings. The van der Waals surface area contributed by atoms with E-state index in [9.17, 15) is 14.4 Å². The first-order valence-corrected chi connectivity index (χ1v) is 10.9. The van der Waals surface area contributed by atoms with Crippen LogP contribution in [0, 0.1) is 0 Å². The molecular weight excluding hydrogens is 416 g/mol. The molecule has 3 aromatic carbocycles. The Morgan fingerprint density at radius 3 is 1.88 bits per heavy atom. The summed E-state index contributed by atoms with van der Waals surface area (Å²) in [5.41, 5.74) is 2.68. The molecule has 2 N–H and O–H groups in total. The van der Waals surface area contributed by atoms with Gasteiger partial charge in [0.1, 0.15) is 12.6 Å². The molecule has 6 nitrogen and oxygen atoms in total. The van der Waals surface area contributed by atoms with Crippen LogP contribution in [0.5, 0.6) is 0 Å². The molecule has 0 unspecified atom stereocenters. The summed E-state index contributed by atoms with van der Waals surface area (Å²) in [6, 6.07) is 27.3. The summed E-state index contributed by atoms with van der Waals surface area (Å²) in [6.45, 7) is 0.508. The maximum atomic E-state index is 12.8. The zero-order valence-corrected chi connectivity index (χ0v) is 18.4. The fourth-order valence-electron chi connectivity index (χ4n) is 3.28. The van der Waals surface area contributed by atoms with Crippen molar-refractivity contribution in [2.75, 3.05) is 0 Å². The molecule has 3 rings (SSSR count). The number of rotatable bonds is 11. The number of benzene rings is 3. The van der Waals surface area contributed by atoms with Crippen molar-refractivity contribution in [3.05, 3.63) is 108 Å². The molecular formula is C27H28N2O4. The Morgan fingerprint density at radius 1 is 0.727 bits per heavy atom. The molecule has 1 atom stereocenters. The van der Waals surface area contributed by atoms with E-state index in [1.54, 1.807) is 0 Å². The van der Waals surface area contributed by atoms with E-state index in [0.717, 1.165) is 16.7 Å². The fraction of sp³-hybridized carbons (Fsp3) is 0.222. The highest BCUT2D eigenvalue weighted by molar-refractivity contribution is 5.88. The molecule has 0 aromatic heterocycles. The number of ether oxygens (including phenoxy) is 1. The van der Waals surface area contributed by atoms with Crippen molar-refractivity contribution in [2.24, 2.45) is 0 Å². The normalized spacial score (nSPS) is 11.3. The van der Waals surface area contributed by atoms with E-state index < -0.39 is 12.0 Å². The van der Waals surface area contributed by atoms with Gasteiger partial charge in [-0.3, -0.25) is 14.4 Å². The lowest BCUT2D eigenvalue weighted by Crippen LogP contribution is -2.47. The Hall–Kier alpha value is -3.93. The van der Waals surface area contributed by atoms with Gasteiger partial charge in [-0.25, -0.2) is 0 Å². The number of hydrogen-bond acceptors (Lipinski definition) is 4. The van der Waals surface area contributed by atoms with E-state index in [2.05, 4.69) is 10.6 Å². The number of amides is 2. The minimum atomic E-state index is -0.839. The van der Waals surface area contributed by atoms with Crippen molar-refractivity contribution >= 4 is 17.8 Å². The summed E-state index contributed by atoms with van der Waals surface area (Å²) >= 11 is 0. The van der Waals surface area contributed by atoms with Gasteiger partial charge >= 0.3 is 5.97 Å². The predicted octanol–water partition coefficient (Wildman–Crippen LogP) is 3.55. The van der Waals surface area contributed by atoms with Crippen LogP contribution < -0.4 is 10.6 Å². The van der Waals surface area contributed by atoms with E-state index in [0.29, 0.717) is 6.54 Å². The van der Waals surface area contributed by atoms with Crippen molar-refractivity contribution in [1.29, 1.82) is 0 Å². The lowest BCUT2D eigenvalue weighted by Gasteiger charge is -2.18. The topological polar surface area (TPSA) is 84.5 Å². The molecule has 0 aliphatic carbocycles. The smallest absolute Gasteiger partial charge is 0.306 e. The van der Waals surface area contributed by atoms with Gasteiger partial charge in [-0.2, -0.15) is 0 Å². The van der Waals surface area contributed by atoms with Crippen molar-refractivity contribution in [2.45, 2.75) is 38.5 Å². The highest BCUT2D eigenvalue weighted by atomic mass is 16.5.